The van der Waals surface area contributed by atoms with Gasteiger partial charge in [0.15, 0.2) is 0 Å². The first-order chi connectivity index (χ1) is 14.5. The molecule has 0 bridgehead atoms. The fraction of sp³-hybridized carbons (Fsp3) is 0.346. The molecule has 2 aromatic carbocycles. The van der Waals surface area contributed by atoms with E-state index in [0.717, 1.165) is 31.5 Å². The third kappa shape index (κ3) is 2.94. The van der Waals surface area contributed by atoms with Gasteiger partial charge in [-0.1, -0.05) is 30.3 Å². The topological polar surface area (TPSA) is 37.3 Å². The molecule has 1 fully saturated rings. The molecule has 1 N–H and O–H groups in total. The number of piperidine rings is 1. The molecular weight excluding hydrogens is 370 g/mol. The van der Waals surface area contributed by atoms with Crippen LogP contribution >= 0.6 is 0 Å². The number of benzene rings is 2. The number of amides is 1. The number of fused-ring (bicyclic) bond motifs is 4. The van der Waals surface area contributed by atoms with Crippen molar-refractivity contribution in [2.75, 3.05) is 18.4 Å². The summed E-state index contributed by atoms with van der Waals surface area (Å²) in [5.41, 5.74) is 8.61. The largest absolute Gasteiger partial charge is 0.372 e. The van der Waals surface area contributed by atoms with Crippen LogP contribution in [0.25, 0.3) is 5.69 Å². The van der Waals surface area contributed by atoms with Crippen molar-refractivity contribution in [2.24, 2.45) is 0 Å². The van der Waals surface area contributed by atoms with E-state index in [-0.39, 0.29) is 11.4 Å². The first-order valence-electron chi connectivity index (χ1n) is 10.9. The van der Waals surface area contributed by atoms with E-state index < -0.39 is 0 Å². The number of nitrogens with one attached hydrogen (secondary N) is 1. The summed E-state index contributed by atoms with van der Waals surface area (Å²) in [6.45, 7) is 8.01. The molecule has 2 aliphatic heterocycles. The average Bonchev–Trinajstić information content (AvgIpc) is 3.24. The van der Waals surface area contributed by atoms with Gasteiger partial charge >= 0.3 is 0 Å². The SMILES string of the molecule is Cc1ccccc1CC(=O)N1CCC2(CC1)Nc1ccc(C)c(C)c1-n1cccc12. The lowest BCUT2D eigenvalue weighted by Gasteiger charge is -2.46. The van der Waals surface area contributed by atoms with E-state index in [4.69, 9.17) is 0 Å². The molecule has 1 spiro atoms. The van der Waals surface area contributed by atoms with Crippen LogP contribution in [0.5, 0.6) is 0 Å². The summed E-state index contributed by atoms with van der Waals surface area (Å²) in [5.74, 6) is 0.234. The van der Waals surface area contributed by atoms with Gasteiger partial charge in [-0.25, -0.2) is 0 Å². The smallest absolute Gasteiger partial charge is 0.227 e. The van der Waals surface area contributed by atoms with Crippen LogP contribution in [-0.2, 0) is 16.8 Å². The van der Waals surface area contributed by atoms with Crippen molar-refractivity contribution in [3.63, 3.8) is 0 Å². The maximum absolute atomic E-state index is 13.0. The van der Waals surface area contributed by atoms with Crippen LogP contribution < -0.4 is 5.32 Å². The van der Waals surface area contributed by atoms with Crippen LogP contribution in [0.1, 0.15) is 40.8 Å². The van der Waals surface area contributed by atoms with E-state index in [9.17, 15) is 4.79 Å². The summed E-state index contributed by atoms with van der Waals surface area (Å²) in [4.78, 5) is 15.0. The zero-order valence-electron chi connectivity index (χ0n) is 18.0. The number of carbonyl (C=O) groups excluding carboxylic acids is 1. The van der Waals surface area contributed by atoms with Gasteiger partial charge in [-0.3, -0.25) is 4.79 Å². The van der Waals surface area contributed by atoms with Gasteiger partial charge in [0.05, 0.1) is 23.3 Å². The second kappa shape index (κ2) is 7.05. The number of hydrogen-bond donors (Lipinski definition) is 1. The fourth-order valence-corrected chi connectivity index (χ4v) is 5.10. The van der Waals surface area contributed by atoms with Gasteiger partial charge in [0.2, 0.25) is 5.91 Å². The molecule has 3 heterocycles. The van der Waals surface area contributed by atoms with E-state index >= 15 is 0 Å². The molecule has 3 aromatic rings. The Morgan fingerprint density at radius 2 is 1.73 bits per heavy atom. The number of carbonyl (C=O) groups is 1. The van der Waals surface area contributed by atoms with Crippen molar-refractivity contribution in [3.05, 3.63) is 82.7 Å². The number of nitrogens with zero attached hydrogens (tertiary/aromatic N) is 2. The molecular formula is C26H29N3O. The minimum absolute atomic E-state index is 0.113. The van der Waals surface area contributed by atoms with Crippen LogP contribution in [0.3, 0.4) is 0 Å². The monoisotopic (exact) mass is 399 g/mol. The predicted octanol–water partition coefficient (Wildman–Crippen LogP) is 4.89. The number of likely N-dealkylation sites (tertiary alicyclic amines) is 1. The lowest BCUT2D eigenvalue weighted by atomic mass is 9.81. The first kappa shape index (κ1) is 19.0. The van der Waals surface area contributed by atoms with Crippen LogP contribution in [-0.4, -0.2) is 28.5 Å². The summed E-state index contributed by atoms with van der Waals surface area (Å²) in [6.07, 6.45) is 4.51. The predicted molar refractivity (Wildman–Crippen MR) is 121 cm³/mol. The Labute approximate surface area is 178 Å². The van der Waals surface area contributed by atoms with Crippen LogP contribution in [0.4, 0.5) is 5.69 Å². The maximum Gasteiger partial charge on any atom is 0.227 e. The molecule has 30 heavy (non-hydrogen) atoms. The van der Waals surface area contributed by atoms with Gasteiger partial charge in [0.25, 0.3) is 0 Å². The third-order valence-electron chi connectivity index (χ3n) is 7.13. The van der Waals surface area contributed by atoms with E-state index in [1.54, 1.807) is 0 Å². The quantitative estimate of drug-likeness (QED) is 0.666. The molecule has 5 rings (SSSR count). The number of anilines is 1. The van der Waals surface area contributed by atoms with Gasteiger partial charge in [-0.2, -0.15) is 0 Å². The molecule has 4 nitrogen and oxygen atoms in total. The molecule has 0 saturated carbocycles. The summed E-state index contributed by atoms with van der Waals surface area (Å²) in [5, 5.41) is 3.88. The Morgan fingerprint density at radius 1 is 0.967 bits per heavy atom. The van der Waals surface area contributed by atoms with Crippen molar-refractivity contribution < 1.29 is 4.79 Å². The van der Waals surface area contributed by atoms with Gasteiger partial charge in [-0.15, -0.1) is 0 Å². The van der Waals surface area contributed by atoms with Crippen molar-refractivity contribution >= 4 is 11.6 Å². The summed E-state index contributed by atoms with van der Waals surface area (Å²) in [6, 6.07) is 17.0. The highest BCUT2D eigenvalue weighted by Gasteiger charge is 2.42. The fourth-order valence-electron chi connectivity index (χ4n) is 5.10. The maximum atomic E-state index is 13.0. The van der Waals surface area contributed by atoms with Gasteiger partial charge in [0, 0.05) is 25.0 Å². The number of rotatable bonds is 2. The van der Waals surface area contributed by atoms with Gasteiger partial charge in [-0.05, 0) is 74.1 Å². The van der Waals surface area contributed by atoms with Crippen molar-refractivity contribution in [3.8, 4) is 5.69 Å². The Kier molecular flexibility index (Phi) is 4.46. The zero-order valence-corrected chi connectivity index (χ0v) is 18.0. The zero-order chi connectivity index (χ0) is 20.9. The van der Waals surface area contributed by atoms with Gasteiger partial charge in [0.1, 0.15) is 0 Å². The van der Waals surface area contributed by atoms with E-state index in [1.165, 1.54) is 33.8 Å². The van der Waals surface area contributed by atoms with Crippen molar-refractivity contribution in [2.45, 2.75) is 45.6 Å². The van der Waals surface area contributed by atoms with E-state index in [2.05, 4.69) is 73.3 Å². The van der Waals surface area contributed by atoms with Crippen LogP contribution in [0.15, 0.2) is 54.7 Å². The highest BCUT2D eigenvalue weighted by Crippen LogP contribution is 2.44. The van der Waals surface area contributed by atoms with Crippen molar-refractivity contribution in [1.82, 2.24) is 9.47 Å². The molecule has 0 radical (unpaired) electrons. The molecule has 2 aliphatic rings. The Balaban J connectivity index is 1.38. The first-order valence-corrected chi connectivity index (χ1v) is 10.9. The van der Waals surface area contributed by atoms with E-state index in [0.29, 0.717) is 6.42 Å². The molecule has 0 aliphatic carbocycles. The summed E-state index contributed by atoms with van der Waals surface area (Å²) >= 11 is 0. The highest BCUT2D eigenvalue weighted by molar-refractivity contribution is 5.79. The summed E-state index contributed by atoms with van der Waals surface area (Å²) in [7, 11) is 0. The molecule has 0 unspecified atom stereocenters. The molecule has 1 amide bonds. The minimum Gasteiger partial charge on any atom is -0.372 e. The lowest BCUT2D eigenvalue weighted by molar-refractivity contribution is -0.132. The molecule has 154 valence electrons. The van der Waals surface area contributed by atoms with E-state index in [1.807, 2.05) is 17.0 Å². The number of aromatic nitrogens is 1. The summed E-state index contributed by atoms with van der Waals surface area (Å²) < 4.78 is 2.36. The standard InChI is InChI=1S/C26H29N3O/c1-18-10-11-22-25(20(18)3)29-14-6-9-23(29)26(27-22)12-15-28(16-13-26)24(30)17-21-8-5-4-7-19(21)2/h4-11,14,27H,12-13,15-17H2,1-3H3. The average molecular weight is 400 g/mol. The third-order valence-corrected chi connectivity index (χ3v) is 7.13. The van der Waals surface area contributed by atoms with Crippen LogP contribution in [0, 0.1) is 20.8 Å². The Bertz CT molecular complexity index is 1120. The van der Waals surface area contributed by atoms with Crippen molar-refractivity contribution in [1.29, 1.82) is 0 Å². The number of aryl methyl sites for hydroxylation is 2. The lowest BCUT2D eigenvalue weighted by Crippen LogP contribution is -2.51. The minimum atomic E-state index is -0.113. The van der Waals surface area contributed by atoms with Gasteiger partial charge < -0.3 is 14.8 Å². The normalized spacial score (nSPS) is 16.7. The Morgan fingerprint density at radius 3 is 2.50 bits per heavy atom. The molecule has 1 saturated heterocycles. The second-order valence-electron chi connectivity index (χ2n) is 8.86. The second-order valence-corrected chi connectivity index (χ2v) is 8.86. The molecule has 1 aromatic heterocycles. The highest BCUT2D eigenvalue weighted by atomic mass is 16.2. The number of hydrogen-bond acceptors (Lipinski definition) is 2. The molecule has 4 heteroatoms. The Hall–Kier alpha value is -3.01. The van der Waals surface area contributed by atoms with Crippen LogP contribution in [0.2, 0.25) is 0 Å². The molecule has 0 atom stereocenters.